The van der Waals surface area contributed by atoms with Gasteiger partial charge in [-0.25, -0.2) is 4.79 Å². The summed E-state index contributed by atoms with van der Waals surface area (Å²) in [5.74, 6) is 0.110. The molecular formula is C20H19N5O4. The summed E-state index contributed by atoms with van der Waals surface area (Å²) in [4.78, 5) is 17.9. The lowest BCUT2D eigenvalue weighted by atomic mass is 9.92. The lowest BCUT2D eigenvalue weighted by Crippen LogP contribution is -2.31. The lowest BCUT2D eigenvalue weighted by molar-refractivity contribution is -0.0205. The summed E-state index contributed by atoms with van der Waals surface area (Å²) in [6, 6.07) is 12.0. The molecule has 0 N–H and O–H groups in total. The van der Waals surface area contributed by atoms with Crippen molar-refractivity contribution >= 4 is 11.8 Å². The molecule has 9 heteroatoms. The fraction of sp³-hybridized carbons (Fsp3) is 0.350. The molecule has 1 saturated heterocycles. The molecule has 2 aromatic heterocycles. The van der Waals surface area contributed by atoms with Gasteiger partial charge in [0, 0.05) is 6.54 Å². The van der Waals surface area contributed by atoms with Gasteiger partial charge in [-0.05, 0) is 41.8 Å². The minimum Gasteiger partial charge on any atom is -0.460 e. The number of hydrogen-bond donors (Lipinski definition) is 0. The van der Waals surface area contributed by atoms with E-state index < -0.39 is 5.97 Å². The molecule has 1 atom stereocenters. The Kier molecular flexibility index (Phi) is 4.24. The van der Waals surface area contributed by atoms with Crippen LogP contribution in [0.3, 0.4) is 0 Å². The van der Waals surface area contributed by atoms with E-state index in [1.54, 1.807) is 13.0 Å². The Balaban J connectivity index is 1.32. The van der Waals surface area contributed by atoms with Crippen LogP contribution in [0.4, 0.5) is 5.82 Å². The van der Waals surface area contributed by atoms with Crippen molar-refractivity contribution < 1.29 is 18.8 Å². The zero-order valence-corrected chi connectivity index (χ0v) is 15.9. The molecule has 0 saturated carbocycles. The maximum atomic E-state index is 11.7. The Labute approximate surface area is 166 Å². The van der Waals surface area contributed by atoms with Gasteiger partial charge in [0.25, 0.3) is 11.7 Å². The van der Waals surface area contributed by atoms with Gasteiger partial charge < -0.3 is 18.9 Å². The Morgan fingerprint density at radius 3 is 2.97 bits per heavy atom. The van der Waals surface area contributed by atoms with Gasteiger partial charge in [0.2, 0.25) is 0 Å². The van der Waals surface area contributed by atoms with Crippen molar-refractivity contribution in [2.24, 2.45) is 0 Å². The fourth-order valence-electron chi connectivity index (χ4n) is 3.91. The monoisotopic (exact) mass is 393 g/mol. The van der Waals surface area contributed by atoms with Crippen molar-refractivity contribution in [2.75, 3.05) is 24.6 Å². The highest BCUT2D eigenvalue weighted by Crippen LogP contribution is 2.44. The molecule has 1 unspecified atom stereocenters. The SMILES string of the molecule is CCOC(=O)c1noc(-c2ccc(N3CCC4(C3)OCc3ccccc34)nn2)n1. The summed E-state index contributed by atoms with van der Waals surface area (Å²) in [5, 5.41) is 12.1. The summed E-state index contributed by atoms with van der Waals surface area (Å²) < 4.78 is 16.2. The third-order valence-corrected chi connectivity index (χ3v) is 5.32. The van der Waals surface area contributed by atoms with E-state index in [1.165, 1.54) is 11.1 Å². The highest BCUT2D eigenvalue weighted by molar-refractivity contribution is 5.85. The largest absolute Gasteiger partial charge is 0.460 e. The predicted octanol–water partition coefficient (Wildman–Crippen LogP) is 2.34. The van der Waals surface area contributed by atoms with Crippen molar-refractivity contribution in [3.05, 3.63) is 53.3 Å². The molecule has 0 bridgehead atoms. The molecule has 1 spiro atoms. The van der Waals surface area contributed by atoms with Gasteiger partial charge in [-0.15, -0.1) is 10.2 Å². The van der Waals surface area contributed by atoms with Gasteiger partial charge in [0.1, 0.15) is 5.60 Å². The van der Waals surface area contributed by atoms with Gasteiger partial charge in [-0.2, -0.15) is 4.98 Å². The number of ether oxygens (including phenoxy) is 2. The first-order chi connectivity index (χ1) is 14.2. The Bertz CT molecular complexity index is 1050. The second kappa shape index (κ2) is 6.93. The van der Waals surface area contributed by atoms with E-state index >= 15 is 0 Å². The minimum atomic E-state index is -0.633. The molecule has 2 aliphatic heterocycles. The van der Waals surface area contributed by atoms with E-state index in [9.17, 15) is 4.79 Å². The number of carbonyl (C=O) groups is 1. The van der Waals surface area contributed by atoms with E-state index in [4.69, 9.17) is 14.0 Å². The number of carbonyl (C=O) groups excluding carboxylic acids is 1. The normalized spacial score (nSPS) is 20.2. The maximum Gasteiger partial charge on any atom is 0.379 e. The second-order valence-corrected chi connectivity index (χ2v) is 7.03. The van der Waals surface area contributed by atoms with Gasteiger partial charge in [-0.1, -0.05) is 24.3 Å². The molecule has 9 nitrogen and oxygen atoms in total. The van der Waals surface area contributed by atoms with Crippen LogP contribution < -0.4 is 4.90 Å². The molecule has 0 radical (unpaired) electrons. The maximum absolute atomic E-state index is 11.7. The lowest BCUT2D eigenvalue weighted by Gasteiger charge is -2.25. The van der Waals surface area contributed by atoms with Crippen LogP contribution >= 0.6 is 0 Å². The number of benzene rings is 1. The number of nitrogens with zero attached hydrogens (tertiary/aromatic N) is 5. The van der Waals surface area contributed by atoms with Gasteiger partial charge in [-0.3, -0.25) is 0 Å². The predicted molar refractivity (Wildman–Crippen MR) is 101 cm³/mol. The van der Waals surface area contributed by atoms with E-state index in [-0.39, 0.29) is 23.9 Å². The van der Waals surface area contributed by atoms with Gasteiger partial charge in [0.15, 0.2) is 11.5 Å². The average molecular weight is 393 g/mol. The van der Waals surface area contributed by atoms with Crippen LogP contribution in [0.1, 0.15) is 35.1 Å². The van der Waals surface area contributed by atoms with Crippen LogP contribution in [0.5, 0.6) is 0 Å². The summed E-state index contributed by atoms with van der Waals surface area (Å²) >= 11 is 0. The van der Waals surface area contributed by atoms with Gasteiger partial charge in [0.05, 0.1) is 19.8 Å². The summed E-state index contributed by atoms with van der Waals surface area (Å²) in [5.41, 5.74) is 2.64. The highest BCUT2D eigenvalue weighted by atomic mass is 16.5. The van der Waals surface area contributed by atoms with Crippen LogP contribution in [0.2, 0.25) is 0 Å². The molecule has 3 aromatic rings. The van der Waals surface area contributed by atoms with Crippen molar-refractivity contribution in [3.63, 3.8) is 0 Å². The smallest absolute Gasteiger partial charge is 0.379 e. The number of aromatic nitrogens is 4. The summed E-state index contributed by atoms with van der Waals surface area (Å²) in [7, 11) is 0. The second-order valence-electron chi connectivity index (χ2n) is 7.03. The minimum absolute atomic E-state index is 0.123. The fourth-order valence-corrected chi connectivity index (χ4v) is 3.91. The number of fused-ring (bicyclic) bond motifs is 2. The van der Waals surface area contributed by atoms with Crippen molar-refractivity contribution in [2.45, 2.75) is 25.6 Å². The van der Waals surface area contributed by atoms with E-state index in [2.05, 4.69) is 43.4 Å². The van der Waals surface area contributed by atoms with Crippen LogP contribution in [0, 0.1) is 0 Å². The van der Waals surface area contributed by atoms with Crippen LogP contribution in [0.15, 0.2) is 40.9 Å². The molecule has 1 aromatic carbocycles. The number of anilines is 1. The average Bonchev–Trinajstić information content (AvgIpc) is 3.49. The first kappa shape index (κ1) is 17.7. The van der Waals surface area contributed by atoms with Crippen molar-refractivity contribution in [1.82, 2.24) is 20.3 Å². The zero-order valence-electron chi connectivity index (χ0n) is 15.9. The van der Waals surface area contributed by atoms with Crippen molar-refractivity contribution in [1.29, 1.82) is 0 Å². The van der Waals surface area contributed by atoms with E-state index in [0.717, 1.165) is 25.3 Å². The molecule has 1 fully saturated rings. The Hall–Kier alpha value is -3.33. The molecular weight excluding hydrogens is 374 g/mol. The summed E-state index contributed by atoms with van der Waals surface area (Å²) in [6.07, 6.45) is 0.903. The quantitative estimate of drug-likeness (QED) is 0.618. The molecule has 2 aliphatic rings. The first-order valence-electron chi connectivity index (χ1n) is 9.51. The number of hydrogen-bond acceptors (Lipinski definition) is 9. The molecule has 29 heavy (non-hydrogen) atoms. The zero-order chi connectivity index (χ0) is 19.8. The molecule has 5 rings (SSSR count). The van der Waals surface area contributed by atoms with E-state index in [0.29, 0.717) is 12.3 Å². The number of rotatable bonds is 4. The topological polar surface area (TPSA) is 103 Å². The van der Waals surface area contributed by atoms with Crippen LogP contribution in [0.25, 0.3) is 11.6 Å². The molecule has 4 heterocycles. The number of esters is 1. The van der Waals surface area contributed by atoms with Gasteiger partial charge >= 0.3 is 5.97 Å². The third kappa shape index (κ3) is 3.03. The van der Waals surface area contributed by atoms with Crippen molar-refractivity contribution in [3.8, 4) is 11.6 Å². The Morgan fingerprint density at radius 2 is 2.14 bits per heavy atom. The third-order valence-electron chi connectivity index (χ3n) is 5.32. The Morgan fingerprint density at radius 1 is 1.24 bits per heavy atom. The first-order valence-corrected chi connectivity index (χ1v) is 9.51. The standard InChI is InChI=1S/C20H19N5O4/c1-2-27-19(26)17-21-18(29-24-17)15-7-8-16(23-22-15)25-10-9-20(12-25)14-6-4-3-5-13(14)11-28-20/h3-8H,2,9-12H2,1H3. The summed E-state index contributed by atoms with van der Waals surface area (Å²) in [6.45, 7) is 4.15. The highest BCUT2D eigenvalue weighted by Gasteiger charge is 2.45. The van der Waals surface area contributed by atoms with Crippen LogP contribution in [-0.4, -0.2) is 46.0 Å². The van der Waals surface area contributed by atoms with Crippen LogP contribution in [-0.2, 0) is 21.7 Å². The molecule has 148 valence electrons. The molecule has 0 aliphatic carbocycles. The molecule has 0 amide bonds. The van der Waals surface area contributed by atoms with E-state index in [1.807, 2.05) is 12.1 Å².